The summed E-state index contributed by atoms with van der Waals surface area (Å²) in [5.74, 6) is 0.0931. The van der Waals surface area contributed by atoms with Crippen molar-refractivity contribution in [2.45, 2.75) is 26.9 Å². The molecule has 0 radical (unpaired) electrons. The lowest BCUT2D eigenvalue weighted by atomic mass is 10.4. The molecule has 0 aromatic rings. The topological polar surface area (TPSA) is 111 Å². The van der Waals surface area contributed by atoms with E-state index in [4.69, 9.17) is 12.3 Å². The highest BCUT2D eigenvalue weighted by Crippen LogP contribution is 1.84. The Hall–Kier alpha value is -1.33. The third-order valence-corrected chi connectivity index (χ3v) is 1.72. The molecule has 0 fully saturated rings. The van der Waals surface area contributed by atoms with Crippen molar-refractivity contribution < 1.29 is 19.2 Å². The molecular weight excluding hydrogens is 309 g/mol. The summed E-state index contributed by atoms with van der Waals surface area (Å²) in [5.41, 5.74) is 4.82. The maximum absolute atomic E-state index is 10.3. The maximum atomic E-state index is 10.3. The Morgan fingerprint density at radius 2 is 1.50 bits per heavy atom. The van der Waals surface area contributed by atoms with E-state index < -0.39 is 10.5 Å². The first kappa shape index (κ1) is 23.7. The molecule has 0 bridgehead atoms. The van der Waals surface area contributed by atoms with Gasteiger partial charge in [0.1, 0.15) is 11.6 Å². The molecule has 20 heavy (non-hydrogen) atoms. The summed E-state index contributed by atoms with van der Waals surface area (Å²) in [5, 5.41) is 0.444. The molecule has 114 valence electrons. The normalized spacial score (nSPS) is 9.65. The third-order valence-electron chi connectivity index (χ3n) is 1.28. The number of halogens is 2. The summed E-state index contributed by atoms with van der Waals surface area (Å²) >= 11 is 8.98. The average Bonchev–Trinajstić information content (AvgIpc) is 2.37. The van der Waals surface area contributed by atoms with Crippen LogP contribution < -0.4 is 11.1 Å². The van der Waals surface area contributed by atoms with E-state index in [-0.39, 0.29) is 24.3 Å². The zero-order valence-corrected chi connectivity index (χ0v) is 12.9. The minimum atomic E-state index is -1.14. The van der Waals surface area contributed by atoms with Crippen LogP contribution in [0, 0.1) is 6.57 Å². The smallest absolute Gasteiger partial charge is 0.304 e. The second-order valence-electron chi connectivity index (χ2n) is 3.34. The van der Waals surface area contributed by atoms with Gasteiger partial charge in [0.25, 0.3) is 6.17 Å². The van der Waals surface area contributed by atoms with Crippen LogP contribution in [0.25, 0.3) is 4.85 Å². The van der Waals surface area contributed by atoms with Gasteiger partial charge in [0, 0.05) is 6.92 Å². The van der Waals surface area contributed by atoms with E-state index in [0.717, 1.165) is 0 Å². The first-order chi connectivity index (χ1) is 9.08. The summed E-state index contributed by atoms with van der Waals surface area (Å²) in [7, 11) is 0. The molecule has 0 aliphatic rings. The van der Waals surface area contributed by atoms with Crippen LogP contribution in [-0.2, 0) is 19.2 Å². The minimum Gasteiger partial charge on any atom is -0.324 e. The quantitative estimate of drug-likeness (QED) is 0.432. The summed E-state index contributed by atoms with van der Waals surface area (Å²) in [6, 6.07) is 0. The van der Waals surface area contributed by atoms with E-state index in [1.54, 1.807) is 6.92 Å². The van der Waals surface area contributed by atoms with Crippen molar-refractivity contribution in [2.75, 3.05) is 13.1 Å². The zero-order chi connectivity index (χ0) is 16.7. The highest BCUT2D eigenvalue weighted by Gasteiger charge is 2.02. The lowest BCUT2D eigenvalue weighted by Gasteiger charge is -1.97. The number of rotatable bonds is 5. The number of Topliss-reactive ketones (excluding diaryl/α,β-unsaturated/α-hetero) is 2. The number of nitrogens with two attached hydrogens (primary N) is 1. The van der Waals surface area contributed by atoms with Crippen LogP contribution in [0.15, 0.2) is 0 Å². The number of hydrogen-bond donors (Lipinski definition) is 2. The first-order valence-electron chi connectivity index (χ1n) is 5.26. The van der Waals surface area contributed by atoms with Crippen LogP contribution >= 0.6 is 23.2 Å². The second-order valence-corrected chi connectivity index (χ2v) is 4.03. The van der Waals surface area contributed by atoms with E-state index in [0.29, 0.717) is 6.54 Å². The molecule has 0 rings (SSSR count). The Morgan fingerprint density at radius 1 is 1.15 bits per heavy atom. The van der Waals surface area contributed by atoms with Crippen LogP contribution in [0.2, 0.25) is 0 Å². The molecule has 9 heteroatoms. The van der Waals surface area contributed by atoms with Gasteiger partial charge in [-0.3, -0.25) is 24.0 Å². The first-order valence-corrected chi connectivity index (χ1v) is 6.02. The molecule has 1 unspecified atom stereocenters. The van der Waals surface area contributed by atoms with Crippen molar-refractivity contribution in [3.05, 3.63) is 11.4 Å². The summed E-state index contributed by atoms with van der Waals surface area (Å²) in [6.45, 7) is 11.6. The number of ketones is 2. The van der Waals surface area contributed by atoms with Gasteiger partial charge in [0.15, 0.2) is 0 Å². The third kappa shape index (κ3) is 30.1. The Kier molecular flexibility index (Phi) is 18.7. The van der Waals surface area contributed by atoms with Crippen molar-refractivity contribution in [1.82, 2.24) is 5.32 Å². The molecular formula is C11H17Cl2N3O4. The SMILES string of the molecule is CC(=O)CN.O=C(Cl)C(=O)Cl.[C-]#[N+]C(C)NCC(C)=O. The van der Waals surface area contributed by atoms with E-state index in [2.05, 4.69) is 33.4 Å². The van der Waals surface area contributed by atoms with Crippen molar-refractivity contribution in [3.63, 3.8) is 0 Å². The van der Waals surface area contributed by atoms with Crippen LogP contribution in [0.5, 0.6) is 0 Å². The highest BCUT2D eigenvalue weighted by atomic mass is 35.5. The van der Waals surface area contributed by atoms with Crippen molar-refractivity contribution in [2.24, 2.45) is 5.73 Å². The molecule has 0 saturated carbocycles. The molecule has 0 aliphatic heterocycles. The molecule has 1 atom stereocenters. The van der Waals surface area contributed by atoms with Gasteiger partial charge in [-0.05, 0) is 37.0 Å². The summed E-state index contributed by atoms with van der Waals surface area (Å²) in [4.78, 5) is 42.0. The Morgan fingerprint density at radius 3 is 1.65 bits per heavy atom. The van der Waals surface area contributed by atoms with Gasteiger partial charge < -0.3 is 5.73 Å². The minimum absolute atomic E-state index is 0.0324. The largest absolute Gasteiger partial charge is 0.324 e. The van der Waals surface area contributed by atoms with Gasteiger partial charge in [-0.25, -0.2) is 11.9 Å². The predicted molar refractivity (Wildman–Crippen MR) is 76.2 cm³/mol. The molecule has 0 heterocycles. The average molecular weight is 326 g/mol. The van der Waals surface area contributed by atoms with Crippen molar-refractivity contribution in [1.29, 1.82) is 0 Å². The van der Waals surface area contributed by atoms with E-state index >= 15 is 0 Å². The molecule has 0 amide bonds. The van der Waals surface area contributed by atoms with Gasteiger partial charge in [-0.15, -0.1) is 0 Å². The lowest BCUT2D eigenvalue weighted by Crippen LogP contribution is -2.27. The number of carbonyl (C=O) groups excluding carboxylic acids is 4. The highest BCUT2D eigenvalue weighted by molar-refractivity contribution is 6.97. The number of carbonyl (C=O) groups is 4. The van der Waals surface area contributed by atoms with Crippen LogP contribution in [0.1, 0.15) is 20.8 Å². The van der Waals surface area contributed by atoms with E-state index in [1.807, 2.05) is 0 Å². The Labute approximate surface area is 127 Å². The maximum Gasteiger partial charge on any atom is 0.304 e. The standard InChI is InChI=1S/C6H10N2O.C3H7NO.C2Cl2O2/c1-5(9)4-8-6(2)7-3;1-3(5)2-4;3-1(5)2(4)6/h6,8H,4H2,1-2H3;2,4H2,1H3;. The van der Waals surface area contributed by atoms with E-state index in [1.165, 1.54) is 13.8 Å². The molecule has 3 N–H and O–H groups in total. The predicted octanol–water partition coefficient (Wildman–Crippen LogP) is 0.482. The molecule has 7 nitrogen and oxygen atoms in total. The molecule has 0 saturated heterocycles. The van der Waals surface area contributed by atoms with Gasteiger partial charge in [0.2, 0.25) is 0 Å². The van der Waals surface area contributed by atoms with Crippen LogP contribution in [-0.4, -0.2) is 41.3 Å². The van der Waals surface area contributed by atoms with Gasteiger partial charge in [0.05, 0.1) is 13.1 Å². The fourth-order valence-corrected chi connectivity index (χ4v) is 0.337. The molecule has 0 aromatic heterocycles. The molecule has 0 spiro atoms. The van der Waals surface area contributed by atoms with Crippen molar-refractivity contribution in [3.8, 4) is 0 Å². The number of hydrogen-bond acceptors (Lipinski definition) is 6. The second kappa shape index (κ2) is 15.7. The molecule has 0 aromatic carbocycles. The summed E-state index contributed by atoms with van der Waals surface area (Å²) in [6.07, 6.45) is -0.242. The van der Waals surface area contributed by atoms with Crippen LogP contribution in [0.4, 0.5) is 0 Å². The fraction of sp³-hybridized carbons (Fsp3) is 0.545. The van der Waals surface area contributed by atoms with E-state index in [9.17, 15) is 19.2 Å². The number of nitrogens with one attached hydrogen (secondary N) is 1. The van der Waals surface area contributed by atoms with Gasteiger partial charge >= 0.3 is 10.5 Å². The lowest BCUT2D eigenvalue weighted by molar-refractivity contribution is -0.127. The van der Waals surface area contributed by atoms with Crippen LogP contribution in [0.3, 0.4) is 0 Å². The Bertz CT molecular complexity index is 368. The van der Waals surface area contributed by atoms with Gasteiger partial charge in [-0.1, -0.05) is 0 Å². The molecule has 0 aliphatic carbocycles. The monoisotopic (exact) mass is 325 g/mol. The fourth-order valence-electron chi connectivity index (χ4n) is 0.337. The Balaban J connectivity index is -0.000000230. The number of nitrogens with zero attached hydrogens (tertiary/aromatic N) is 1. The van der Waals surface area contributed by atoms with Gasteiger partial charge in [-0.2, -0.15) is 0 Å². The zero-order valence-electron chi connectivity index (χ0n) is 11.4. The van der Waals surface area contributed by atoms with Crippen molar-refractivity contribution >= 4 is 45.3 Å². The summed E-state index contributed by atoms with van der Waals surface area (Å²) < 4.78 is 0.